The molecule has 1 saturated heterocycles. The highest BCUT2D eigenvalue weighted by Gasteiger charge is 2.62. The van der Waals surface area contributed by atoms with E-state index in [0.29, 0.717) is 0 Å². The normalized spacial score (nSPS) is 30.3. The molecule has 2 rings (SSSR count). The van der Waals surface area contributed by atoms with Crippen molar-refractivity contribution >= 4 is 53.7 Å². The van der Waals surface area contributed by atoms with E-state index in [9.17, 15) is 43.2 Å². The second-order valence-corrected chi connectivity index (χ2v) is 11.2. The first-order valence-electron chi connectivity index (χ1n) is 15.1. The van der Waals surface area contributed by atoms with Crippen LogP contribution in [0.4, 0.5) is 0 Å². The Morgan fingerprint density at radius 3 is 1.08 bits per heavy atom. The second kappa shape index (κ2) is 18.2. The molecule has 0 spiro atoms. The smallest absolute Gasteiger partial charge is 0.303 e. The monoisotopic (exact) mass is 719 g/mol. The van der Waals surface area contributed by atoms with Gasteiger partial charge in [0.15, 0.2) is 49.0 Å². The zero-order valence-corrected chi connectivity index (χ0v) is 28.8. The molecule has 0 aromatic rings. The summed E-state index contributed by atoms with van der Waals surface area (Å²) in [6.07, 6.45) is -17.3. The number of esters is 8. The molecular weight excluding hydrogens is 678 g/mol. The van der Waals surface area contributed by atoms with Crippen LogP contribution in [0.5, 0.6) is 0 Å². The van der Waals surface area contributed by atoms with Crippen molar-refractivity contribution in [2.24, 2.45) is 0 Å². The Labute approximate surface area is 285 Å². The number of hydrogen-bond acceptors (Lipinski definition) is 19. The minimum absolute atomic E-state index is 0.621. The molecule has 280 valence electrons. The van der Waals surface area contributed by atoms with E-state index in [-0.39, 0.29) is 0 Å². The van der Waals surface area contributed by atoms with Crippen LogP contribution < -0.4 is 5.32 Å². The van der Waals surface area contributed by atoms with Crippen LogP contribution in [0.25, 0.3) is 0 Å². The highest BCUT2D eigenvalue weighted by Crippen LogP contribution is 2.37. The lowest BCUT2D eigenvalue weighted by atomic mass is 9.83. The molecule has 1 N–H and O–H groups in total. The molecule has 1 saturated carbocycles. The molecule has 20 heteroatoms. The maximum absolute atomic E-state index is 12.5. The average molecular weight is 720 g/mol. The summed E-state index contributed by atoms with van der Waals surface area (Å²) >= 11 is 0. The zero-order valence-electron chi connectivity index (χ0n) is 28.8. The third-order valence-electron chi connectivity index (χ3n) is 6.82. The first-order chi connectivity index (χ1) is 23.2. The number of carbonyl (C=O) groups excluding carboxylic acids is 9. The van der Waals surface area contributed by atoms with E-state index in [1.807, 2.05) is 0 Å². The lowest BCUT2D eigenvalue weighted by Gasteiger charge is -2.50. The van der Waals surface area contributed by atoms with Crippen molar-refractivity contribution in [1.29, 1.82) is 0 Å². The van der Waals surface area contributed by atoms with Gasteiger partial charge in [-0.1, -0.05) is 0 Å². The van der Waals surface area contributed by atoms with Gasteiger partial charge < -0.3 is 52.7 Å². The van der Waals surface area contributed by atoms with Gasteiger partial charge in [0, 0.05) is 62.3 Å². The molecule has 0 radical (unpaired) electrons. The van der Waals surface area contributed by atoms with Crippen molar-refractivity contribution in [2.45, 2.75) is 130 Å². The van der Waals surface area contributed by atoms with E-state index in [2.05, 4.69) is 5.32 Å². The molecule has 2 unspecified atom stereocenters. The summed E-state index contributed by atoms with van der Waals surface area (Å²) in [6, 6.07) is -1.57. The van der Waals surface area contributed by atoms with Crippen LogP contribution in [-0.4, -0.2) is 128 Å². The quantitative estimate of drug-likeness (QED) is 0.181. The number of amides is 1. The van der Waals surface area contributed by atoms with Crippen LogP contribution >= 0.6 is 0 Å². The number of hydrogen-bond donors (Lipinski definition) is 1. The maximum atomic E-state index is 12.5. The van der Waals surface area contributed by atoms with Crippen molar-refractivity contribution in [3.63, 3.8) is 0 Å². The van der Waals surface area contributed by atoms with E-state index in [4.69, 9.17) is 47.4 Å². The lowest BCUT2D eigenvalue weighted by molar-refractivity contribution is -0.324. The minimum Gasteiger partial charge on any atom is -0.463 e. The Hall–Kier alpha value is -4.85. The van der Waals surface area contributed by atoms with E-state index < -0.39 is 128 Å². The second-order valence-electron chi connectivity index (χ2n) is 11.2. The van der Waals surface area contributed by atoms with Crippen molar-refractivity contribution in [2.75, 3.05) is 6.61 Å². The third-order valence-corrected chi connectivity index (χ3v) is 6.82. The van der Waals surface area contributed by atoms with Gasteiger partial charge in [-0.15, -0.1) is 0 Å². The predicted molar refractivity (Wildman–Crippen MR) is 157 cm³/mol. The van der Waals surface area contributed by atoms with Gasteiger partial charge in [0.25, 0.3) is 0 Å². The molecule has 0 aromatic heterocycles. The highest BCUT2D eigenvalue weighted by atomic mass is 16.7. The van der Waals surface area contributed by atoms with Crippen LogP contribution in [0.3, 0.4) is 0 Å². The molecule has 2 fully saturated rings. The molecule has 20 nitrogen and oxygen atoms in total. The first-order valence-corrected chi connectivity index (χ1v) is 15.1. The Balaban J connectivity index is 2.89. The third kappa shape index (κ3) is 11.9. The van der Waals surface area contributed by atoms with Gasteiger partial charge in [0.2, 0.25) is 5.91 Å². The highest BCUT2D eigenvalue weighted by molar-refractivity contribution is 5.74. The van der Waals surface area contributed by atoms with Crippen LogP contribution in [-0.2, 0) is 90.5 Å². The first kappa shape index (κ1) is 41.3. The minimum atomic E-state index is -1.86. The summed E-state index contributed by atoms with van der Waals surface area (Å²) in [5, 5.41) is 2.48. The fourth-order valence-corrected chi connectivity index (χ4v) is 5.47. The Morgan fingerprint density at radius 2 is 0.760 bits per heavy atom. The van der Waals surface area contributed by atoms with E-state index in [1.165, 1.54) is 0 Å². The van der Waals surface area contributed by atoms with Crippen molar-refractivity contribution < 1.29 is 90.5 Å². The standard InChI is InChI=1S/C30H41NO19/c1-11(32)31-21-23(43-14(4)35)22(42-13(3)34)20(10-41-12(2)33)49-30(21)50-29-27(47-18(8)39)25(45-16(6)37)24(44-15(5)36)26(46-17(7)38)28(29)48-19(9)40/h20-30H,10H2,1-9H3,(H,31,32)/t20-,21-,22+,23-,24?,25+,26+,27-,28+,29?,30-/m1/s1. The SMILES string of the molecule is CC(=O)N[C@H]1[C@@H](OC2[C@@H](OC(C)=O)[C@@H](OC(C)=O)C(OC(C)=O)[C@H](OC(C)=O)[C@H]2OC(C)=O)O[C@H](COC(C)=O)[C@H](OC(C)=O)[C@@H]1OC(C)=O. The number of ether oxygens (including phenoxy) is 10. The van der Waals surface area contributed by atoms with Gasteiger partial charge in [-0.3, -0.25) is 43.2 Å². The molecule has 1 aliphatic carbocycles. The summed E-state index contributed by atoms with van der Waals surface area (Å²) < 4.78 is 55.4. The van der Waals surface area contributed by atoms with Gasteiger partial charge >= 0.3 is 47.8 Å². The molecule has 2 aliphatic rings. The van der Waals surface area contributed by atoms with Crippen LogP contribution in [0.2, 0.25) is 0 Å². The topological polar surface area (TPSA) is 258 Å². The van der Waals surface area contributed by atoms with Gasteiger partial charge in [-0.2, -0.15) is 0 Å². The molecule has 0 bridgehead atoms. The van der Waals surface area contributed by atoms with Crippen LogP contribution in [0, 0.1) is 0 Å². The summed E-state index contributed by atoms with van der Waals surface area (Å²) in [7, 11) is 0. The summed E-state index contributed by atoms with van der Waals surface area (Å²) in [5.41, 5.74) is 0. The number of rotatable bonds is 12. The maximum Gasteiger partial charge on any atom is 0.303 e. The van der Waals surface area contributed by atoms with Gasteiger partial charge in [0.05, 0.1) is 0 Å². The fourth-order valence-electron chi connectivity index (χ4n) is 5.47. The fraction of sp³-hybridized carbons (Fsp3) is 0.700. The molecule has 11 atom stereocenters. The largest absolute Gasteiger partial charge is 0.463 e. The van der Waals surface area contributed by atoms with Gasteiger partial charge in [-0.05, 0) is 0 Å². The van der Waals surface area contributed by atoms with Gasteiger partial charge in [-0.25, -0.2) is 0 Å². The lowest BCUT2D eigenvalue weighted by Crippen LogP contribution is -2.71. The molecule has 1 aliphatic heterocycles. The van der Waals surface area contributed by atoms with Crippen molar-refractivity contribution in [3.05, 3.63) is 0 Å². The molecular formula is C30H41NO19. The summed E-state index contributed by atoms with van der Waals surface area (Å²) in [4.78, 5) is 111. The summed E-state index contributed by atoms with van der Waals surface area (Å²) in [5.74, 6) is -8.28. The Morgan fingerprint density at radius 1 is 0.440 bits per heavy atom. The molecule has 1 amide bonds. The van der Waals surface area contributed by atoms with E-state index >= 15 is 0 Å². The van der Waals surface area contributed by atoms with Gasteiger partial charge in [0.1, 0.15) is 24.9 Å². The molecule has 1 heterocycles. The Kier molecular flexibility index (Phi) is 15.1. The average Bonchev–Trinajstić information content (AvgIpc) is 2.94. The Bertz CT molecular complexity index is 1290. The predicted octanol–water partition coefficient (Wildman–Crippen LogP) is -1.30. The zero-order chi connectivity index (χ0) is 38.0. The molecule has 50 heavy (non-hydrogen) atoms. The van der Waals surface area contributed by atoms with Crippen LogP contribution in [0.1, 0.15) is 62.3 Å². The van der Waals surface area contributed by atoms with Crippen LogP contribution in [0.15, 0.2) is 0 Å². The number of nitrogens with one attached hydrogen (secondary N) is 1. The van der Waals surface area contributed by atoms with E-state index in [1.54, 1.807) is 0 Å². The molecule has 0 aromatic carbocycles. The number of carbonyl (C=O) groups is 9. The summed E-state index contributed by atoms with van der Waals surface area (Å²) in [6.45, 7) is 8.43. The van der Waals surface area contributed by atoms with E-state index in [0.717, 1.165) is 62.3 Å². The van der Waals surface area contributed by atoms with Crippen molar-refractivity contribution in [3.8, 4) is 0 Å². The van der Waals surface area contributed by atoms with Crippen molar-refractivity contribution in [1.82, 2.24) is 5.32 Å².